The molecule has 2 saturated heterocycles. The summed E-state index contributed by atoms with van der Waals surface area (Å²) < 4.78 is 54.8. The van der Waals surface area contributed by atoms with Crippen molar-refractivity contribution >= 4 is 11.9 Å². The fourth-order valence-electron chi connectivity index (χ4n) is 6.56. The molecule has 0 saturated carbocycles. The highest BCUT2D eigenvalue weighted by Crippen LogP contribution is 2.57. The highest BCUT2D eigenvalue weighted by Gasteiger charge is 2.88. The third kappa shape index (κ3) is 5.56. The smallest absolute Gasteiger partial charge is 0.362 e. The molecule has 15 N–H and O–H groups in total. The number of piperazine rings is 1. The summed E-state index contributed by atoms with van der Waals surface area (Å²) in [6.07, 6.45) is -4.94. The molecule has 2 heterocycles. The molecule has 2 fully saturated rings. The maximum atomic E-state index is 14.3. The van der Waals surface area contributed by atoms with Crippen molar-refractivity contribution in [3.8, 4) is 0 Å². The maximum Gasteiger partial charge on any atom is 0.416 e. The van der Waals surface area contributed by atoms with E-state index in [-0.39, 0.29) is 17.4 Å². The number of benzene rings is 2. The van der Waals surface area contributed by atoms with Crippen molar-refractivity contribution in [1.82, 2.24) is 19.6 Å². The molecular formula is C29H36F4N4O17. The van der Waals surface area contributed by atoms with Gasteiger partial charge in [-0.1, -0.05) is 18.2 Å². The van der Waals surface area contributed by atoms with Gasteiger partial charge in [-0.05, 0) is 49.2 Å². The van der Waals surface area contributed by atoms with Crippen molar-refractivity contribution in [2.24, 2.45) is 0 Å². The lowest BCUT2D eigenvalue weighted by molar-refractivity contribution is -0.629. The Morgan fingerprint density at radius 1 is 0.741 bits per heavy atom. The van der Waals surface area contributed by atoms with Gasteiger partial charge in [-0.15, -0.1) is 0 Å². The zero-order chi connectivity index (χ0) is 42.0. The second-order valence-electron chi connectivity index (χ2n) is 12.9. The first-order valence-corrected chi connectivity index (χ1v) is 15.0. The molecule has 3 unspecified atom stereocenters. The highest BCUT2D eigenvalue weighted by molar-refractivity contribution is 5.77. The Kier molecular flexibility index (Phi) is 9.86. The van der Waals surface area contributed by atoms with Gasteiger partial charge in [0.05, 0.1) is 11.6 Å². The van der Waals surface area contributed by atoms with E-state index in [0.717, 1.165) is 26.0 Å². The molecule has 2 aliphatic rings. The van der Waals surface area contributed by atoms with Crippen molar-refractivity contribution in [2.75, 3.05) is 7.05 Å². The lowest BCUT2D eigenvalue weighted by Gasteiger charge is -2.68. The molecule has 2 aromatic rings. The van der Waals surface area contributed by atoms with Crippen LogP contribution in [0, 0.1) is 12.7 Å². The van der Waals surface area contributed by atoms with Crippen LogP contribution in [0.3, 0.4) is 0 Å². The molecule has 21 nitrogen and oxygen atoms in total. The number of nitrogens with zero attached hydrogens (tertiary/aromatic N) is 4. The third-order valence-corrected chi connectivity index (χ3v) is 9.51. The first kappa shape index (κ1) is 43.0. The van der Waals surface area contributed by atoms with Crippen LogP contribution in [-0.2, 0) is 16.7 Å². The van der Waals surface area contributed by atoms with Crippen LogP contribution < -0.4 is 0 Å². The van der Waals surface area contributed by atoms with Crippen LogP contribution >= 0.6 is 0 Å². The molecule has 0 aromatic heterocycles. The number of rotatable bonds is 4. The van der Waals surface area contributed by atoms with E-state index >= 15 is 0 Å². The highest BCUT2D eigenvalue weighted by atomic mass is 19.4. The Balaban J connectivity index is 2.09. The molecule has 0 spiro atoms. The number of carbonyl (C=O) groups excluding carboxylic acids is 2. The van der Waals surface area contributed by atoms with Crippen molar-refractivity contribution in [2.45, 2.75) is 85.9 Å². The Hall–Kier alpha value is -3.74. The van der Waals surface area contributed by atoms with Crippen molar-refractivity contribution in [1.29, 1.82) is 0 Å². The number of carbonyl (C=O) groups is 2. The van der Waals surface area contributed by atoms with Crippen LogP contribution in [0.25, 0.3) is 0 Å². The Labute approximate surface area is 299 Å². The fraction of sp³-hybridized carbons (Fsp3) is 0.517. The number of urea groups is 1. The Morgan fingerprint density at radius 3 is 1.69 bits per heavy atom. The predicted octanol–water partition coefficient (Wildman–Crippen LogP) is -5.49. The monoisotopic (exact) mass is 788 g/mol. The van der Waals surface area contributed by atoms with Crippen molar-refractivity contribution in [3.63, 3.8) is 0 Å². The zero-order valence-corrected chi connectivity index (χ0v) is 28.0. The second-order valence-corrected chi connectivity index (χ2v) is 12.9. The van der Waals surface area contributed by atoms with Crippen LogP contribution in [0.1, 0.15) is 42.1 Å². The minimum absolute atomic E-state index is 0.235. The second kappa shape index (κ2) is 12.4. The zero-order valence-electron chi connectivity index (χ0n) is 28.0. The molecular weight excluding hydrogens is 752 g/mol. The van der Waals surface area contributed by atoms with E-state index in [1.807, 2.05) is 0 Å². The van der Waals surface area contributed by atoms with Gasteiger partial charge in [-0.3, -0.25) is 4.79 Å². The van der Waals surface area contributed by atoms with Crippen LogP contribution in [0.4, 0.5) is 22.4 Å². The van der Waals surface area contributed by atoms with Gasteiger partial charge < -0.3 is 81.5 Å². The molecule has 0 bridgehead atoms. The Morgan fingerprint density at radius 2 is 1.24 bits per heavy atom. The van der Waals surface area contributed by atoms with Gasteiger partial charge in [0.2, 0.25) is 17.4 Å². The van der Waals surface area contributed by atoms with Crippen LogP contribution in [0.15, 0.2) is 42.5 Å². The summed E-state index contributed by atoms with van der Waals surface area (Å²) in [5.74, 6) is -39.5. The lowest BCUT2D eigenvalue weighted by Crippen LogP contribution is -2.98. The average Bonchev–Trinajstić information content (AvgIpc) is 2.99. The summed E-state index contributed by atoms with van der Waals surface area (Å²) in [6.45, 7) is 2.08. The van der Waals surface area contributed by atoms with E-state index in [2.05, 4.69) is 0 Å². The van der Waals surface area contributed by atoms with Gasteiger partial charge >= 0.3 is 41.8 Å². The number of aryl methyl sites for hydroxylation is 1. The molecule has 0 aliphatic carbocycles. The van der Waals surface area contributed by atoms with Crippen molar-refractivity contribution < 1.29 is 104 Å². The standard InChI is InChI=1S/C29H36F4N4O17/c1-12-10-17(30)8-9-18(12)21(40)22(41,42)19(36-28(51,52)26(47,48)35(14(3)38)27(49,50)29(36,53)54)23(43,44)25(45,46)37(21)20(39)34(4)13(2)15-6-5-7-16(11-15)24(31,32)33/h5-11,13,19,40-54H,1-4H3. The van der Waals surface area contributed by atoms with Gasteiger partial charge in [0.15, 0.2) is 0 Å². The molecule has 54 heavy (non-hydrogen) atoms. The molecule has 3 atom stereocenters. The number of aliphatic hydroxyl groups is 15. The van der Waals surface area contributed by atoms with Gasteiger partial charge in [0.25, 0.3) is 5.79 Å². The SMILES string of the molecule is CC(=O)N1C(O)(O)C(O)(O)N(C2C(O)(O)C(O)(O)N(C(=O)N(C)C(C)c3cccc(C(F)(F)F)c3)C(O)(c3ccc(F)cc3C)C2(O)O)C(O)(O)C1(O)O. The summed E-state index contributed by atoms with van der Waals surface area (Å²) in [5.41, 5.74) is -8.21. The van der Waals surface area contributed by atoms with Crippen LogP contribution in [0.5, 0.6) is 0 Å². The quantitative estimate of drug-likeness (QED) is 0.101. The van der Waals surface area contributed by atoms with E-state index in [0.29, 0.717) is 37.4 Å². The first-order valence-electron chi connectivity index (χ1n) is 15.0. The van der Waals surface area contributed by atoms with Gasteiger partial charge in [0, 0.05) is 19.5 Å². The van der Waals surface area contributed by atoms with Crippen molar-refractivity contribution in [3.05, 3.63) is 70.5 Å². The normalized spacial score (nSPS) is 27.3. The van der Waals surface area contributed by atoms with E-state index in [4.69, 9.17) is 0 Å². The number of alkyl halides is 3. The van der Waals surface area contributed by atoms with Gasteiger partial charge in [0.1, 0.15) is 11.9 Å². The third-order valence-electron chi connectivity index (χ3n) is 9.51. The summed E-state index contributed by atoms with van der Waals surface area (Å²) >= 11 is 0. The number of piperidine rings is 1. The molecule has 302 valence electrons. The molecule has 2 aliphatic heterocycles. The Bertz CT molecular complexity index is 1810. The van der Waals surface area contributed by atoms with E-state index in [9.17, 15) is 104 Å². The number of amides is 3. The molecule has 4 rings (SSSR count). The molecule has 25 heteroatoms. The average molecular weight is 789 g/mol. The van der Waals surface area contributed by atoms with Gasteiger partial charge in [-0.2, -0.15) is 18.1 Å². The van der Waals surface area contributed by atoms with E-state index in [1.54, 1.807) is 0 Å². The summed E-state index contributed by atoms with van der Waals surface area (Å²) in [7, 11) is 0.692. The molecule has 0 radical (unpaired) electrons. The number of likely N-dealkylation sites (tertiary alicyclic amines) is 1. The first-order chi connectivity index (χ1) is 24.0. The topological polar surface area (TPSA) is 351 Å². The maximum absolute atomic E-state index is 14.3. The molecule has 3 amide bonds. The summed E-state index contributed by atoms with van der Waals surface area (Å²) in [5, 5.41) is 168. The predicted molar refractivity (Wildman–Crippen MR) is 158 cm³/mol. The fourth-order valence-corrected chi connectivity index (χ4v) is 6.56. The van der Waals surface area contributed by atoms with Crippen LogP contribution in [-0.4, -0.2) is 162 Å². The van der Waals surface area contributed by atoms with E-state index in [1.165, 1.54) is 0 Å². The number of hydrogen-bond acceptors (Lipinski definition) is 18. The van der Waals surface area contributed by atoms with Crippen LogP contribution in [0.2, 0.25) is 0 Å². The summed E-state index contributed by atoms with van der Waals surface area (Å²) in [6, 6.07) is -3.95. The van der Waals surface area contributed by atoms with E-state index < -0.39 is 114 Å². The number of halogens is 4. The lowest BCUT2D eigenvalue weighted by atomic mass is 9.74. The molecule has 2 aromatic carbocycles. The largest absolute Gasteiger partial charge is 0.416 e. The number of hydrogen-bond donors (Lipinski definition) is 15. The minimum Gasteiger partial charge on any atom is -0.362 e. The minimum atomic E-state index is -5.30. The van der Waals surface area contributed by atoms with Gasteiger partial charge in [-0.25, -0.2) is 19.0 Å². The summed E-state index contributed by atoms with van der Waals surface area (Å²) in [4.78, 5) is 22.8.